The van der Waals surface area contributed by atoms with Crippen LogP contribution in [0.4, 0.5) is 0 Å². The summed E-state index contributed by atoms with van der Waals surface area (Å²) in [4.78, 5) is 13.5. The van der Waals surface area contributed by atoms with Gasteiger partial charge in [0.2, 0.25) is 0 Å². The highest BCUT2D eigenvalue weighted by Gasteiger charge is 2.30. The third-order valence-corrected chi connectivity index (χ3v) is 5.80. The number of hydrogen-bond acceptors (Lipinski definition) is 5. The molecule has 162 valence electrons. The largest absolute Gasteiger partial charge is 0.760 e. The first-order chi connectivity index (χ1) is 15.6. The molecule has 0 bridgehead atoms. The number of aromatic nitrogens is 3. The molecule has 2 atom stereocenters. The minimum atomic E-state index is -2.36. The van der Waals surface area contributed by atoms with Crippen LogP contribution in [0, 0.1) is 0 Å². The van der Waals surface area contributed by atoms with Gasteiger partial charge in [-0.15, -0.1) is 0 Å². The summed E-state index contributed by atoms with van der Waals surface area (Å²) in [6, 6.07) is 21.3. The van der Waals surface area contributed by atoms with E-state index in [1.165, 1.54) is 0 Å². The Morgan fingerprint density at radius 3 is 2.06 bits per heavy atom. The second-order valence-corrected chi connectivity index (χ2v) is 8.38. The number of pyridine rings is 3. The van der Waals surface area contributed by atoms with Crippen molar-refractivity contribution in [3.63, 3.8) is 0 Å². The van der Waals surface area contributed by atoms with Gasteiger partial charge in [0.15, 0.2) is 0 Å². The van der Waals surface area contributed by atoms with Crippen molar-refractivity contribution >= 4 is 22.9 Å². The average molecular weight is 464 g/mol. The van der Waals surface area contributed by atoms with Crippen LogP contribution in [0.1, 0.15) is 39.9 Å². The maximum atomic E-state index is 11.0. The molecular weight excluding hydrogens is 444 g/mol. The topological polar surface area (TPSA) is 90.8 Å². The zero-order valence-corrected chi connectivity index (χ0v) is 18.5. The zero-order valence-electron chi connectivity index (χ0n) is 17.0. The van der Waals surface area contributed by atoms with Gasteiger partial charge in [-0.25, -0.2) is 4.72 Å². The molecule has 0 amide bonds. The van der Waals surface area contributed by atoms with E-state index in [9.17, 15) is 8.76 Å². The molecule has 0 aliphatic carbocycles. The van der Waals surface area contributed by atoms with Crippen molar-refractivity contribution in [3.8, 4) is 0 Å². The van der Waals surface area contributed by atoms with Crippen LogP contribution in [-0.4, -0.2) is 23.7 Å². The number of nitrogens with one attached hydrogen (secondary N) is 1. The lowest BCUT2D eigenvalue weighted by atomic mass is 9.76. The van der Waals surface area contributed by atoms with Gasteiger partial charge in [0.1, 0.15) is 0 Å². The van der Waals surface area contributed by atoms with E-state index in [2.05, 4.69) is 14.7 Å². The van der Waals surface area contributed by atoms with Crippen LogP contribution in [0.15, 0.2) is 91.5 Å². The highest BCUT2D eigenvalue weighted by molar-refractivity contribution is 7.77. The normalized spacial score (nSPS) is 13.1. The third kappa shape index (κ3) is 5.44. The molecule has 0 spiro atoms. The lowest BCUT2D eigenvalue weighted by Crippen LogP contribution is -2.19. The molecule has 3 aromatic heterocycles. The first-order valence-electron chi connectivity index (χ1n) is 9.96. The fraction of sp³-hybridized carbons (Fsp3) is 0.125. The predicted molar refractivity (Wildman–Crippen MR) is 124 cm³/mol. The fourth-order valence-corrected chi connectivity index (χ4v) is 4.20. The Balaban J connectivity index is 1.87. The van der Waals surface area contributed by atoms with Crippen LogP contribution in [0.5, 0.6) is 0 Å². The summed E-state index contributed by atoms with van der Waals surface area (Å²) in [6.45, 7) is 0.113. The molecule has 1 N–H and O–H groups in total. The molecule has 1 aromatic carbocycles. The standard InChI is InChI=1S/C24H21ClN4O2S/c25-20-10-8-17(9-11-20)24(22-7-1-6-21(29-22)16-28-32(30)31)23(18-4-2-12-26-14-18)19-5-3-13-27-15-19/h1-15,23-24,28H,16H2,(H,30,31)/p-1. The Bertz CT molecular complexity index is 1140. The van der Waals surface area contributed by atoms with Crippen molar-refractivity contribution < 1.29 is 8.76 Å². The van der Waals surface area contributed by atoms with Crippen LogP contribution in [0.25, 0.3) is 0 Å². The summed E-state index contributed by atoms with van der Waals surface area (Å²) >= 11 is 3.81. The number of rotatable bonds is 8. The molecular formula is C24H20ClN4O2S-. The van der Waals surface area contributed by atoms with Crippen molar-refractivity contribution in [1.29, 1.82) is 0 Å². The van der Waals surface area contributed by atoms with Crippen LogP contribution in [0.2, 0.25) is 5.02 Å². The molecule has 6 nitrogen and oxygen atoms in total. The Labute approximate surface area is 194 Å². The van der Waals surface area contributed by atoms with Gasteiger partial charge in [0.05, 0.1) is 5.69 Å². The van der Waals surface area contributed by atoms with Gasteiger partial charge in [0, 0.05) is 65.2 Å². The SMILES string of the molecule is O=S([O-])NCc1cccc(C(c2ccc(Cl)cc2)C(c2cccnc2)c2cccnc2)n1. The summed E-state index contributed by atoms with van der Waals surface area (Å²) in [5, 5.41) is 0.649. The Morgan fingerprint density at radius 1 is 0.844 bits per heavy atom. The van der Waals surface area contributed by atoms with E-state index in [1.54, 1.807) is 18.5 Å². The molecule has 2 unspecified atom stereocenters. The van der Waals surface area contributed by atoms with Gasteiger partial charge in [-0.05, 0) is 53.1 Å². The number of benzene rings is 1. The molecule has 0 radical (unpaired) electrons. The quantitative estimate of drug-likeness (QED) is 0.392. The third-order valence-electron chi connectivity index (χ3n) is 5.17. The van der Waals surface area contributed by atoms with E-state index < -0.39 is 11.3 Å². The van der Waals surface area contributed by atoms with E-state index >= 15 is 0 Å². The van der Waals surface area contributed by atoms with E-state index in [0.29, 0.717) is 10.7 Å². The highest BCUT2D eigenvalue weighted by atomic mass is 35.5. The summed E-state index contributed by atoms with van der Waals surface area (Å²) in [5.74, 6) is -0.304. The number of nitrogens with zero attached hydrogens (tertiary/aromatic N) is 3. The monoisotopic (exact) mass is 463 g/mol. The Hall–Kier alpha value is -2.97. The molecule has 0 saturated heterocycles. The summed E-state index contributed by atoms with van der Waals surface area (Å²) < 4.78 is 24.3. The maximum Gasteiger partial charge on any atom is 0.0554 e. The van der Waals surface area contributed by atoms with Gasteiger partial charge in [0.25, 0.3) is 0 Å². The maximum absolute atomic E-state index is 11.0. The van der Waals surface area contributed by atoms with E-state index in [1.807, 2.05) is 73.1 Å². The van der Waals surface area contributed by atoms with Crippen LogP contribution in [-0.2, 0) is 17.8 Å². The lowest BCUT2D eigenvalue weighted by Gasteiger charge is -2.28. The molecule has 0 saturated carbocycles. The van der Waals surface area contributed by atoms with E-state index in [-0.39, 0.29) is 18.4 Å². The second kappa shape index (κ2) is 10.6. The number of halogens is 1. The molecule has 0 aliphatic heterocycles. The average Bonchev–Trinajstić information content (AvgIpc) is 2.83. The first-order valence-corrected chi connectivity index (χ1v) is 11.4. The summed E-state index contributed by atoms with van der Waals surface area (Å²) in [6.07, 6.45) is 7.20. The highest BCUT2D eigenvalue weighted by Crippen LogP contribution is 2.42. The minimum absolute atomic E-state index is 0.113. The van der Waals surface area contributed by atoms with Gasteiger partial charge >= 0.3 is 0 Å². The van der Waals surface area contributed by atoms with Gasteiger partial charge in [-0.3, -0.25) is 19.2 Å². The molecule has 32 heavy (non-hydrogen) atoms. The first kappa shape index (κ1) is 22.2. The smallest absolute Gasteiger partial charge is 0.0554 e. The van der Waals surface area contributed by atoms with Crippen molar-refractivity contribution in [2.45, 2.75) is 18.4 Å². The molecule has 4 aromatic rings. The van der Waals surface area contributed by atoms with Crippen LogP contribution in [0.3, 0.4) is 0 Å². The molecule has 8 heteroatoms. The van der Waals surface area contributed by atoms with E-state index in [4.69, 9.17) is 16.6 Å². The Morgan fingerprint density at radius 2 is 1.50 bits per heavy atom. The molecule has 0 aliphatic rings. The molecule has 0 fully saturated rings. The molecule has 4 rings (SSSR count). The molecule has 3 heterocycles. The van der Waals surface area contributed by atoms with Crippen LogP contribution >= 0.6 is 11.6 Å². The lowest BCUT2D eigenvalue weighted by molar-refractivity contribution is 0.521. The number of hydrogen-bond donors (Lipinski definition) is 1. The fourth-order valence-electron chi connectivity index (χ4n) is 3.80. The van der Waals surface area contributed by atoms with Crippen molar-refractivity contribution in [3.05, 3.63) is 125 Å². The summed E-state index contributed by atoms with van der Waals surface area (Å²) in [7, 11) is 0. The van der Waals surface area contributed by atoms with Crippen molar-refractivity contribution in [2.75, 3.05) is 0 Å². The van der Waals surface area contributed by atoms with Crippen molar-refractivity contribution in [2.24, 2.45) is 0 Å². The van der Waals surface area contributed by atoms with E-state index in [0.717, 1.165) is 22.4 Å². The van der Waals surface area contributed by atoms with Gasteiger partial charge in [-0.2, -0.15) is 0 Å². The second-order valence-electron chi connectivity index (χ2n) is 7.19. The Kier molecular flexibility index (Phi) is 7.34. The van der Waals surface area contributed by atoms with Gasteiger partial charge in [-0.1, -0.05) is 41.9 Å². The van der Waals surface area contributed by atoms with Crippen molar-refractivity contribution in [1.82, 2.24) is 19.7 Å². The zero-order chi connectivity index (χ0) is 22.3. The predicted octanol–water partition coefficient (Wildman–Crippen LogP) is 4.37. The van der Waals surface area contributed by atoms with Gasteiger partial charge < -0.3 is 4.55 Å². The summed E-state index contributed by atoms with van der Waals surface area (Å²) in [5.41, 5.74) is 4.50. The van der Waals surface area contributed by atoms with Crippen LogP contribution < -0.4 is 4.72 Å². The minimum Gasteiger partial charge on any atom is -0.760 e.